The van der Waals surface area contributed by atoms with Gasteiger partial charge in [-0.05, 0) is 54.8 Å². The van der Waals surface area contributed by atoms with E-state index in [4.69, 9.17) is 5.73 Å². The molecule has 30 heavy (non-hydrogen) atoms. The van der Waals surface area contributed by atoms with Gasteiger partial charge in [-0.3, -0.25) is 4.79 Å². The van der Waals surface area contributed by atoms with Crippen LogP contribution in [0.15, 0.2) is 54.7 Å². The molecule has 0 bridgehead atoms. The van der Waals surface area contributed by atoms with Gasteiger partial charge in [-0.1, -0.05) is 13.0 Å². The number of carbonyl (C=O) groups is 1. The van der Waals surface area contributed by atoms with Gasteiger partial charge in [0.05, 0.1) is 16.9 Å². The minimum Gasteiger partial charge on any atom is -0.370 e. The van der Waals surface area contributed by atoms with Crippen molar-refractivity contribution < 1.29 is 4.79 Å². The van der Waals surface area contributed by atoms with Crippen LogP contribution < -0.4 is 16.0 Å². The van der Waals surface area contributed by atoms with E-state index >= 15 is 0 Å². The molecular formula is C23H22N6O. The van der Waals surface area contributed by atoms with E-state index in [1.165, 1.54) is 0 Å². The van der Waals surface area contributed by atoms with Gasteiger partial charge in [0.25, 0.3) is 0 Å². The summed E-state index contributed by atoms with van der Waals surface area (Å²) in [6, 6.07) is 16.8. The highest BCUT2D eigenvalue weighted by molar-refractivity contribution is 5.93. The molecule has 2 heterocycles. The number of primary amides is 1. The SMILES string of the molecule is CC1CCN(c2ccc(-c3ccnc(Nc4ccc(C(N)=O)cc4)n3)cc2C#N)C1. The fourth-order valence-electron chi connectivity index (χ4n) is 3.64. The van der Waals surface area contributed by atoms with Gasteiger partial charge in [0.15, 0.2) is 0 Å². The lowest BCUT2D eigenvalue weighted by Crippen LogP contribution is -2.20. The molecule has 1 unspecified atom stereocenters. The molecule has 7 nitrogen and oxygen atoms in total. The predicted octanol–water partition coefficient (Wildman–Crippen LogP) is 3.70. The Bertz CT molecular complexity index is 1120. The lowest BCUT2D eigenvalue weighted by molar-refractivity contribution is 0.100. The third-order valence-electron chi connectivity index (χ3n) is 5.26. The highest BCUT2D eigenvalue weighted by Crippen LogP contribution is 2.30. The number of hydrogen-bond acceptors (Lipinski definition) is 6. The van der Waals surface area contributed by atoms with Gasteiger partial charge in [0, 0.05) is 36.1 Å². The molecule has 1 amide bonds. The second kappa shape index (κ2) is 8.21. The normalized spacial score (nSPS) is 15.6. The number of rotatable bonds is 5. The van der Waals surface area contributed by atoms with Gasteiger partial charge in [-0.2, -0.15) is 5.26 Å². The molecule has 1 aliphatic rings. The van der Waals surface area contributed by atoms with Crippen molar-refractivity contribution >= 4 is 23.2 Å². The lowest BCUT2D eigenvalue weighted by atomic mass is 10.1. The molecule has 2 aromatic carbocycles. The Hall–Kier alpha value is -3.92. The van der Waals surface area contributed by atoms with E-state index in [1.54, 1.807) is 30.5 Å². The van der Waals surface area contributed by atoms with Gasteiger partial charge in [-0.25, -0.2) is 9.97 Å². The summed E-state index contributed by atoms with van der Waals surface area (Å²) in [7, 11) is 0. The first kappa shape index (κ1) is 19.4. The Morgan fingerprint density at radius 3 is 2.70 bits per heavy atom. The molecule has 3 aromatic rings. The van der Waals surface area contributed by atoms with Crippen LogP contribution in [-0.2, 0) is 0 Å². The van der Waals surface area contributed by atoms with Gasteiger partial charge in [0.2, 0.25) is 11.9 Å². The third kappa shape index (κ3) is 4.08. The van der Waals surface area contributed by atoms with Crippen LogP contribution in [0.5, 0.6) is 0 Å². The molecule has 1 saturated heterocycles. The van der Waals surface area contributed by atoms with Crippen molar-refractivity contribution in [3.05, 3.63) is 65.9 Å². The number of nitrogens with zero attached hydrogens (tertiary/aromatic N) is 4. The zero-order valence-electron chi connectivity index (χ0n) is 16.7. The van der Waals surface area contributed by atoms with Crippen molar-refractivity contribution in [2.75, 3.05) is 23.3 Å². The van der Waals surface area contributed by atoms with Crippen molar-refractivity contribution in [3.63, 3.8) is 0 Å². The Morgan fingerprint density at radius 1 is 1.23 bits per heavy atom. The average molecular weight is 398 g/mol. The molecule has 1 aliphatic heterocycles. The number of nitrogens with one attached hydrogen (secondary N) is 1. The maximum Gasteiger partial charge on any atom is 0.248 e. The number of carbonyl (C=O) groups excluding carboxylic acids is 1. The fraction of sp³-hybridized carbons (Fsp3) is 0.217. The summed E-state index contributed by atoms with van der Waals surface area (Å²) < 4.78 is 0. The zero-order chi connectivity index (χ0) is 21.1. The largest absolute Gasteiger partial charge is 0.370 e. The highest BCUT2D eigenvalue weighted by atomic mass is 16.1. The van der Waals surface area contributed by atoms with Crippen molar-refractivity contribution in [2.24, 2.45) is 11.7 Å². The molecule has 1 aromatic heterocycles. The number of anilines is 3. The van der Waals surface area contributed by atoms with E-state index < -0.39 is 5.91 Å². The Balaban J connectivity index is 1.57. The molecular weight excluding hydrogens is 376 g/mol. The number of aromatic nitrogens is 2. The van der Waals surface area contributed by atoms with Crippen molar-refractivity contribution in [1.82, 2.24) is 9.97 Å². The molecule has 0 spiro atoms. The van der Waals surface area contributed by atoms with Crippen LogP contribution in [0.1, 0.15) is 29.3 Å². The maximum atomic E-state index is 11.2. The first-order valence-electron chi connectivity index (χ1n) is 9.83. The summed E-state index contributed by atoms with van der Waals surface area (Å²) in [5.74, 6) is 0.596. The van der Waals surface area contributed by atoms with E-state index in [0.29, 0.717) is 23.0 Å². The van der Waals surface area contributed by atoms with Crippen LogP contribution in [0, 0.1) is 17.2 Å². The van der Waals surface area contributed by atoms with E-state index in [9.17, 15) is 10.1 Å². The van der Waals surface area contributed by atoms with Gasteiger partial charge < -0.3 is 16.0 Å². The van der Waals surface area contributed by atoms with Crippen LogP contribution in [0.4, 0.5) is 17.3 Å². The van der Waals surface area contributed by atoms with Crippen molar-refractivity contribution in [2.45, 2.75) is 13.3 Å². The average Bonchev–Trinajstić information content (AvgIpc) is 3.20. The first-order valence-corrected chi connectivity index (χ1v) is 9.83. The molecule has 0 saturated carbocycles. The molecule has 7 heteroatoms. The molecule has 0 radical (unpaired) electrons. The molecule has 0 aliphatic carbocycles. The highest BCUT2D eigenvalue weighted by Gasteiger charge is 2.21. The lowest BCUT2D eigenvalue weighted by Gasteiger charge is -2.20. The quantitative estimate of drug-likeness (QED) is 0.678. The second-order valence-corrected chi connectivity index (χ2v) is 7.52. The van der Waals surface area contributed by atoms with Crippen LogP contribution in [0.2, 0.25) is 0 Å². The van der Waals surface area contributed by atoms with Gasteiger partial charge in [0.1, 0.15) is 6.07 Å². The number of benzene rings is 2. The first-order chi connectivity index (χ1) is 14.5. The number of amides is 1. The Morgan fingerprint density at radius 2 is 2.03 bits per heavy atom. The summed E-state index contributed by atoms with van der Waals surface area (Å²) in [5, 5.41) is 12.8. The van der Waals surface area contributed by atoms with Crippen LogP contribution in [0.25, 0.3) is 11.3 Å². The van der Waals surface area contributed by atoms with Gasteiger partial charge >= 0.3 is 0 Å². The van der Waals surface area contributed by atoms with E-state index in [2.05, 4.69) is 33.2 Å². The summed E-state index contributed by atoms with van der Waals surface area (Å²) in [5.41, 5.74) is 9.66. The number of nitrogens with two attached hydrogens (primary N) is 1. The molecule has 1 atom stereocenters. The monoisotopic (exact) mass is 398 g/mol. The molecule has 3 N–H and O–H groups in total. The third-order valence-corrected chi connectivity index (χ3v) is 5.26. The van der Waals surface area contributed by atoms with Crippen molar-refractivity contribution in [1.29, 1.82) is 5.26 Å². The minimum atomic E-state index is -0.472. The Kier molecular flexibility index (Phi) is 5.31. The summed E-state index contributed by atoms with van der Waals surface area (Å²) in [6.07, 6.45) is 2.82. The van der Waals surface area contributed by atoms with Crippen molar-refractivity contribution in [3.8, 4) is 17.3 Å². The smallest absolute Gasteiger partial charge is 0.248 e. The van der Waals surface area contributed by atoms with Gasteiger partial charge in [-0.15, -0.1) is 0 Å². The summed E-state index contributed by atoms with van der Waals surface area (Å²) >= 11 is 0. The van der Waals surface area contributed by atoms with Crippen LogP contribution >= 0.6 is 0 Å². The zero-order valence-corrected chi connectivity index (χ0v) is 16.7. The summed E-state index contributed by atoms with van der Waals surface area (Å²) in [4.78, 5) is 22.3. The minimum absolute atomic E-state index is 0.426. The standard InChI is InChI=1S/C23H22N6O/c1-15-9-11-29(14-15)21-7-4-17(12-18(21)13-24)20-8-10-26-23(28-20)27-19-5-2-16(3-6-19)22(25)30/h2-8,10,12,15H,9,11,14H2,1H3,(H2,25,30)(H,26,27,28). The summed E-state index contributed by atoms with van der Waals surface area (Å²) in [6.45, 7) is 4.19. The molecule has 1 fully saturated rings. The fourth-order valence-corrected chi connectivity index (χ4v) is 3.64. The number of nitriles is 1. The predicted molar refractivity (Wildman–Crippen MR) is 116 cm³/mol. The molecule has 4 rings (SSSR count). The topological polar surface area (TPSA) is 108 Å². The Labute approximate surface area is 175 Å². The van der Waals surface area contributed by atoms with E-state index in [1.807, 2.05) is 24.3 Å². The molecule has 150 valence electrons. The van der Waals surface area contributed by atoms with E-state index in [-0.39, 0.29) is 0 Å². The van der Waals surface area contributed by atoms with Crippen LogP contribution in [-0.4, -0.2) is 29.0 Å². The van der Waals surface area contributed by atoms with E-state index in [0.717, 1.165) is 42.1 Å². The van der Waals surface area contributed by atoms with Crippen LogP contribution in [0.3, 0.4) is 0 Å². The number of hydrogen-bond donors (Lipinski definition) is 2. The maximum absolute atomic E-state index is 11.2. The second-order valence-electron chi connectivity index (χ2n) is 7.52.